The number of alkyl carbamates (subject to hydrolysis) is 1. The molecule has 0 fully saturated rings. The Morgan fingerprint density at radius 2 is 1.50 bits per heavy atom. The third-order valence-corrected chi connectivity index (χ3v) is 1.93. The van der Waals surface area contributed by atoms with Crippen molar-refractivity contribution in [1.29, 1.82) is 0 Å². The van der Waals surface area contributed by atoms with E-state index in [1.54, 1.807) is 20.8 Å². The first kappa shape index (κ1) is 19.7. The van der Waals surface area contributed by atoms with Gasteiger partial charge in [-0.1, -0.05) is 0 Å². The molecule has 1 amide bonds. The van der Waals surface area contributed by atoms with Crippen LogP contribution in [0.3, 0.4) is 0 Å². The summed E-state index contributed by atoms with van der Waals surface area (Å²) in [4.78, 5) is 43.8. The number of esters is 2. The minimum absolute atomic E-state index is 0.184. The maximum absolute atomic E-state index is 11.3. The number of nitrogens with one attached hydrogen (secondary N) is 1. The zero-order chi connectivity index (χ0) is 17.2. The van der Waals surface area contributed by atoms with Crippen molar-refractivity contribution in [3.63, 3.8) is 0 Å². The molecule has 9 nitrogen and oxygen atoms in total. The zero-order valence-electron chi connectivity index (χ0n) is 12.8. The Morgan fingerprint density at radius 3 is 2.00 bits per heavy atom. The lowest BCUT2D eigenvalue weighted by molar-refractivity contribution is -0.152. The Kier molecular flexibility index (Phi) is 8.58. The van der Waals surface area contributed by atoms with Gasteiger partial charge >= 0.3 is 24.0 Å². The summed E-state index contributed by atoms with van der Waals surface area (Å²) in [5.41, 5.74) is -0.669. The fraction of sp³-hybridized carbons (Fsp3) is 0.692. The van der Waals surface area contributed by atoms with E-state index < -0.39 is 29.6 Å². The predicted octanol–water partition coefficient (Wildman–Crippen LogP) is 0.462. The fourth-order valence-corrected chi connectivity index (χ4v) is 1.10. The summed E-state index contributed by atoms with van der Waals surface area (Å²) < 4.78 is 14.3. The Labute approximate surface area is 127 Å². The van der Waals surface area contributed by atoms with Crippen LogP contribution in [0, 0.1) is 0 Å². The molecule has 0 spiro atoms. The smallest absolute Gasteiger partial charge is 0.408 e. The molecule has 0 saturated carbocycles. The molecule has 0 aromatic carbocycles. The van der Waals surface area contributed by atoms with Crippen LogP contribution in [0.25, 0.3) is 0 Å². The van der Waals surface area contributed by atoms with Gasteiger partial charge in [0, 0.05) is 0 Å². The Hall–Kier alpha value is -2.32. The minimum Gasteiger partial charge on any atom is -0.481 e. The molecule has 0 radical (unpaired) electrons. The van der Waals surface area contributed by atoms with Crippen molar-refractivity contribution in [3.05, 3.63) is 0 Å². The largest absolute Gasteiger partial charge is 0.481 e. The van der Waals surface area contributed by atoms with Crippen molar-refractivity contribution < 1.29 is 38.5 Å². The number of carboxylic acids is 1. The molecule has 0 rings (SSSR count). The molecule has 0 heterocycles. The van der Waals surface area contributed by atoms with Crippen LogP contribution in [0.2, 0.25) is 0 Å². The van der Waals surface area contributed by atoms with Crippen molar-refractivity contribution in [2.75, 3.05) is 19.8 Å². The first-order valence-corrected chi connectivity index (χ1v) is 6.60. The number of hydrogen-bond acceptors (Lipinski definition) is 7. The van der Waals surface area contributed by atoms with Gasteiger partial charge in [-0.05, 0) is 20.8 Å². The van der Waals surface area contributed by atoms with E-state index in [4.69, 9.17) is 14.6 Å². The molecular formula is C13H21NO8. The second kappa shape index (κ2) is 9.59. The van der Waals surface area contributed by atoms with Crippen molar-refractivity contribution in [1.82, 2.24) is 5.32 Å². The number of carboxylic acid groups (broad SMARTS) is 1. The number of carbonyl (C=O) groups is 4. The number of carbonyl (C=O) groups excluding carboxylic acids is 3. The Balaban J connectivity index is 3.68. The van der Waals surface area contributed by atoms with Crippen LogP contribution in [0.4, 0.5) is 4.79 Å². The highest BCUT2D eigenvalue weighted by molar-refractivity contribution is 5.78. The van der Waals surface area contributed by atoms with Crippen molar-refractivity contribution >= 4 is 24.0 Å². The second-order valence-corrected chi connectivity index (χ2v) is 5.19. The lowest BCUT2D eigenvalue weighted by Crippen LogP contribution is -2.36. The molecular weight excluding hydrogens is 298 g/mol. The minimum atomic E-state index is -1.10. The lowest BCUT2D eigenvalue weighted by atomic mass is 10.2. The van der Waals surface area contributed by atoms with Gasteiger partial charge in [0.15, 0.2) is 0 Å². The van der Waals surface area contributed by atoms with Crippen LogP contribution in [0.1, 0.15) is 33.6 Å². The van der Waals surface area contributed by atoms with Gasteiger partial charge in [0.2, 0.25) is 0 Å². The predicted molar refractivity (Wildman–Crippen MR) is 73.0 cm³/mol. The summed E-state index contributed by atoms with van der Waals surface area (Å²) in [6, 6.07) is 0. The SMILES string of the molecule is CC(C)(C)OC(=O)NCC(=O)OCCOC(=O)CCC(=O)O. The van der Waals surface area contributed by atoms with E-state index in [0.717, 1.165) is 0 Å². The van der Waals surface area contributed by atoms with Gasteiger partial charge in [-0.3, -0.25) is 14.4 Å². The average molecular weight is 319 g/mol. The molecule has 0 saturated heterocycles. The molecule has 0 atom stereocenters. The molecule has 0 aliphatic heterocycles. The lowest BCUT2D eigenvalue weighted by Gasteiger charge is -2.19. The quantitative estimate of drug-likeness (QED) is 0.375. The molecule has 9 heteroatoms. The Bertz CT molecular complexity index is 413. The summed E-state index contributed by atoms with van der Waals surface area (Å²) in [5, 5.41) is 10.6. The molecule has 0 aromatic heterocycles. The van der Waals surface area contributed by atoms with Crippen molar-refractivity contribution in [2.24, 2.45) is 0 Å². The number of ether oxygens (including phenoxy) is 3. The normalized spacial score (nSPS) is 10.5. The van der Waals surface area contributed by atoms with Crippen molar-refractivity contribution in [2.45, 2.75) is 39.2 Å². The summed E-state index contributed by atoms with van der Waals surface area (Å²) in [5.74, 6) is -2.51. The number of hydrogen-bond donors (Lipinski definition) is 2. The monoisotopic (exact) mass is 319 g/mol. The first-order chi connectivity index (χ1) is 10.1. The van der Waals surface area contributed by atoms with Crippen LogP contribution >= 0.6 is 0 Å². The molecule has 22 heavy (non-hydrogen) atoms. The summed E-state index contributed by atoms with van der Waals surface area (Å²) in [7, 11) is 0. The van der Waals surface area contributed by atoms with Crippen molar-refractivity contribution in [3.8, 4) is 0 Å². The third-order valence-electron chi connectivity index (χ3n) is 1.93. The number of amides is 1. The van der Waals surface area contributed by atoms with E-state index in [9.17, 15) is 19.2 Å². The van der Waals surface area contributed by atoms with E-state index in [-0.39, 0.29) is 32.6 Å². The van der Waals surface area contributed by atoms with E-state index in [1.807, 2.05) is 0 Å². The highest BCUT2D eigenvalue weighted by atomic mass is 16.6. The summed E-state index contributed by atoms with van der Waals surface area (Å²) >= 11 is 0. The molecule has 0 aliphatic carbocycles. The molecule has 0 unspecified atom stereocenters. The maximum Gasteiger partial charge on any atom is 0.408 e. The van der Waals surface area contributed by atoms with Crippen LogP contribution in [-0.4, -0.2) is 54.5 Å². The third kappa shape index (κ3) is 12.7. The second-order valence-electron chi connectivity index (χ2n) is 5.19. The van der Waals surface area contributed by atoms with E-state index in [0.29, 0.717) is 0 Å². The van der Waals surface area contributed by atoms with Gasteiger partial charge < -0.3 is 24.6 Å². The van der Waals surface area contributed by atoms with Gasteiger partial charge in [0.25, 0.3) is 0 Å². The van der Waals surface area contributed by atoms with E-state index in [2.05, 4.69) is 10.1 Å². The Morgan fingerprint density at radius 1 is 0.955 bits per heavy atom. The van der Waals surface area contributed by atoms with Crippen LogP contribution < -0.4 is 5.32 Å². The average Bonchev–Trinajstić information content (AvgIpc) is 2.37. The van der Waals surface area contributed by atoms with Crippen LogP contribution in [0.5, 0.6) is 0 Å². The fourth-order valence-electron chi connectivity index (χ4n) is 1.10. The molecule has 0 bridgehead atoms. The first-order valence-electron chi connectivity index (χ1n) is 6.60. The van der Waals surface area contributed by atoms with Crippen LogP contribution in [-0.2, 0) is 28.6 Å². The van der Waals surface area contributed by atoms with Gasteiger partial charge in [-0.15, -0.1) is 0 Å². The molecule has 2 N–H and O–H groups in total. The summed E-state index contributed by atoms with van der Waals surface area (Å²) in [6.45, 7) is 4.31. The molecule has 126 valence electrons. The highest BCUT2D eigenvalue weighted by Gasteiger charge is 2.16. The zero-order valence-corrected chi connectivity index (χ0v) is 12.8. The number of rotatable bonds is 8. The standard InChI is InChI=1S/C13H21NO8/c1-13(2,3)22-12(19)14-8-11(18)21-7-6-20-10(17)5-4-9(15)16/h4-8H2,1-3H3,(H,14,19)(H,15,16). The van der Waals surface area contributed by atoms with Gasteiger partial charge in [0.05, 0.1) is 12.8 Å². The van der Waals surface area contributed by atoms with Crippen LogP contribution in [0.15, 0.2) is 0 Å². The molecule has 0 aromatic rings. The highest BCUT2D eigenvalue weighted by Crippen LogP contribution is 2.06. The van der Waals surface area contributed by atoms with Gasteiger partial charge in [-0.25, -0.2) is 4.79 Å². The maximum atomic E-state index is 11.3. The topological polar surface area (TPSA) is 128 Å². The number of aliphatic carboxylic acids is 1. The van der Waals surface area contributed by atoms with E-state index >= 15 is 0 Å². The van der Waals surface area contributed by atoms with Gasteiger partial charge in [0.1, 0.15) is 25.4 Å². The van der Waals surface area contributed by atoms with E-state index in [1.165, 1.54) is 0 Å². The molecule has 0 aliphatic rings. The van der Waals surface area contributed by atoms with Gasteiger partial charge in [-0.2, -0.15) is 0 Å². The summed E-state index contributed by atoms with van der Waals surface area (Å²) in [6.07, 6.45) is -1.31.